The van der Waals surface area contributed by atoms with Gasteiger partial charge in [-0.3, -0.25) is 9.80 Å². The molecule has 0 bridgehead atoms. The van der Waals surface area contributed by atoms with Gasteiger partial charge in [0, 0.05) is 13.1 Å². The van der Waals surface area contributed by atoms with E-state index in [1.807, 2.05) is 58.3 Å². The number of hydrogen-bond donors (Lipinski definition) is 1. The minimum atomic E-state index is 0.0290. The number of ether oxygens (including phenoxy) is 1. The molecule has 1 unspecified atom stereocenters. The number of anilines is 1. The molecule has 2 rings (SSSR count). The summed E-state index contributed by atoms with van der Waals surface area (Å²) < 4.78 is 5.86. The van der Waals surface area contributed by atoms with Crippen molar-refractivity contribution >= 4 is 17.7 Å². The van der Waals surface area contributed by atoms with Crippen LogP contribution in [0.5, 0.6) is 5.75 Å². The minimum absolute atomic E-state index is 0.0290. The van der Waals surface area contributed by atoms with Crippen molar-refractivity contribution in [3.63, 3.8) is 0 Å². The molecule has 5 nitrogen and oxygen atoms in total. The summed E-state index contributed by atoms with van der Waals surface area (Å²) in [5, 5.41) is 9.65. The van der Waals surface area contributed by atoms with E-state index in [0.717, 1.165) is 47.6 Å². The monoisotopic (exact) mass is 425 g/mol. The molecule has 1 aliphatic rings. The van der Waals surface area contributed by atoms with Crippen molar-refractivity contribution in [3.05, 3.63) is 59.9 Å². The van der Waals surface area contributed by atoms with Gasteiger partial charge in [0.15, 0.2) is 0 Å². The molecule has 0 saturated heterocycles. The number of nitrogens with zero attached hydrogens (tertiary/aromatic N) is 2. The zero-order chi connectivity index (χ0) is 23.1. The number of aldehydes is 1. The number of rotatable bonds is 10. The Morgan fingerprint density at radius 1 is 1.23 bits per heavy atom. The molecule has 0 heterocycles. The van der Waals surface area contributed by atoms with Crippen LogP contribution < -0.4 is 15.1 Å². The third kappa shape index (κ3) is 9.79. The molecule has 0 radical (unpaired) electrons. The molecule has 31 heavy (non-hydrogen) atoms. The van der Waals surface area contributed by atoms with E-state index >= 15 is 0 Å². The number of nitrogens with one attached hydrogen (secondary N) is 1. The lowest BCUT2D eigenvalue weighted by Crippen LogP contribution is -2.33. The number of hydrazone groups is 1. The lowest BCUT2D eigenvalue weighted by molar-refractivity contribution is -0.104. The van der Waals surface area contributed by atoms with Crippen molar-refractivity contribution in [3.8, 4) is 5.75 Å². The maximum Gasteiger partial charge on any atom is 0.143 e. The topological polar surface area (TPSA) is 53.9 Å². The van der Waals surface area contributed by atoms with Gasteiger partial charge in [-0.15, -0.1) is 0 Å². The predicted octanol–water partition coefficient (Wildman–Crippen LogP) is 6.04. The van der Waals surface area contributed by atoms with Gasteiger partial charge in [0.25, 0.3) is 0 Å². The first-order chi connectivity index (χ1) is 15.0. The Labute approximate surface area is 188 Å². The van der Waals surface area contributed by atoms with Gasteiger partial charge in [-0.25, -0.2) is 0 Å². The van der Waals surface area contributed by atoms with Gasteiger partial charge in [-0.05, 0) is 81.8 Å². The second-order valence-corrected chi connectivity index (χ2v) is 7.54. The number of carbonyl (C=O) groups excluding carboxylic acids is 1. The lowest BCUT2D eigenvalue weighted by Gasteiger charge is -2.20. The van der Waals surface area contributed by atoms with E-state index in [4.69, 9.17) is 4.74 Å². The van der Waals surface area contributed by atoms with Gasteiger partial charge in [0.05, 0.1) is 11.4 Å². The highest BCUT2D eigenvalue weighted by molar-refractivity contribution is 6.05. The molecule has 1 aliphatic carbocycles. The van der Waals surface area contributed by atoms with E-state index in [-0.39, 0.29) is 6.04 Å². The van der Waals surface area contributed by atoms with Gasteiger partial charge in [-0.2, -0.15) is 5.10 Å². The van der Waals surface area contributed by atoms with Gasteiger partial charge >= 0.3 is 0 Å². The first-order valence-electron chi connectivity index (χ1n) is 11.2. The van der Waals surface area contributed by atoms with Gasteiger partial charge in [-0.1, -0.05) is 39.2 Å². The standard InChI is InChI=1S/C21H27N3O2.C5H12/c1-16(14-15-25)21(17(2)22-3)23-24(4)18-10-12-20(13-11-18)26-19-8-6-5-7-9-19;1-3-5-4-2/h6,8-15,17,22H,5,7H2,1-4H3;3-5H2,1-2H3/b16-14-,23-21+;. The number of unbranched alkanes of at least 4 members (excludes halogenated alkanes) is 2. The molecule has 1 aromatic rings. The Bertz CT molecular complexity index is 774. The molecule has 5 heteroatoms. The molecule has 0 aliphatic heterocycles. The quantitative estimate of drug-likeness (QED) is 0.215. The van der Waals surface area contributed by atoms with Crippen molar-refractivity contribution in [1.82, 2.24) is 5.32 Å². The number of benzene rings is 1. The van der Waals surface area contributed by atoms with E-state index in [9.17, 15) is 4.79 Å². The molecule has 170 valence electrons. The maximum atomic E-state index is 10.8. The van der Waals surface area contributed by atoms with Crippen LogP contribution in [0.1, 0.15) is 59.8 Å². The molecular weight excluding hydrogens is 386 g/mol. The van der Waals surface area contributed by atoms with Crippen LogP contribution in [0.2, 0.25) is 0 Å². The van der Waals surface area contributed by atoms with Gasteiger partial charge in [0.2, 0.25) is 0 Å². The average Bonchev–Trinajstić information content (AvgIpc) is 2.79. The molecule has 1 atom stereocenters. The fraction of sp³-hybridized carbons (Fsp3) is 0.462. The highest BCUT2D eigenvalue weighted by Crippen LogP contribution is 2.22. The van der Waals surface area contributed by atoms with Crippen molar-refractivity contribution in [2.24, 2.45) is 5.10 Å². The Balaban J connectivity index is 0.000000861. The third-order valence-corrected chi connectivity index (χ3v) is 4.94. The van der Waals surface area contributed by atoms with Crippen molar-refractivity contribution in [1.29, 1.82) is 0 Å². The summed E-state index contributed by atoms with van der Waals surface area (Å²) in [7, 11) is 3.76. The molecule has 0 aromatic heterocycles. The molecule has 1 N–H and O–H groups in total. The number of hydrogen-bond acceptors (Lipinski definition) is 5. The molecule has 0 saturated carbocycles. The number of carbonyl (C=O) groups is 1. The molecular formula is C26H39N3O2. The van der Waals surface area contributed by atoms with E-state index in [1.54, 1.807) is 5.01 Å². The van der Waals surface area contributed by atoms with Gasteiger partial charge in [0.1, 0.15) is 17.8 Å². The molecule has 0 spiro atoms. The first kappa shape index (κ1) is 26.4. The average molecular weight is 426 g/mol. The molecule has 0 fully saturated rings. The Morgan fingerprint density at radius 3 is 2.39 bits per heavy atom. The van der Waals surface area contributed by atoms with Gasteiger partial charge < -0.3 is 10.1 Å². The highest BCUT2D eigenvalue weighted by Gasteiger charge is 2.12. The normalized spacial score (nSPS) is 14.8. The second-order valence-electron chi connectivity index (χ2n) is 7.54. The first-order valence-corrected chi connectivity index (χ1v) is 11.2. The largest absolute Gasteiger partial charge is 0.458 e. The Hall–Kier alpha value is -2.66. The summed E-state index contributed by atoms with van der Waals surface area (Å²) in [4.78, 5) is 10.8. The molecule has 0 amide bonds. The zero-order valence-electron chi connectivity index (χ0n) is 20.0. The lowest BCUT2D eigenvalue weighted by atomic mass is 10.1. The Morgan fingerprint density at radius 2 is 1.90 bits per heavy atom. The van der Waals surface area contributed by atoms with Crippen molar-refractivity contribution in [2.45, 2.75) is 65.8 Å². The summed E-state index contributed by atoms with van der Waals surface area (Å²) in [5.41, 5.74) is 2.59. The summed E-state index contributed by atoms with van der Waals surface area (Å²) in [6, 6.07) is 7.82. The minimum Gasteiger partial charge on any atom is -0.458 e. The SMILES string of the molecule is CCCCC.CNC(C)C(=N/N(C)c1ccc(OC2=CCCC=C2)cc1)/C(C)=C\C=O. The van der Waals surface area contributed by atoms with E-state index in [1.165, 1.54) is 25.3 Å². The number of allylic oxidation sites excluding steroid dienone is 4. The highest BCUT2D eigenvalue weighted by atomic mass is 16.5. The van der Waals surface area contributed by atoms with Crippen LogP contribution in [0, 0.1) is 0 Å². The third-order valence-electron chi connectivity index (χ3n) is 4.94. The van der Waals surface area contributed by atoms with Crippen LogP contribution in [0.4, 0.5) is 5.69 Å². The summed E-state index contributed by atoms with van der Waals surface area (Å²) in [6.07, 6.45) is 14.7. The predicted molar refractivity (Wildman–Crippen MR) is 133 cm³/mol. The van der Waals surface area contributed by atoms with Crippen LogP contribution >= 0.6 is 0 Å². The van der Waals surface area contributed by atoms with E-state index in [2.05, 4.69) is 36.4 Å². The van der Waals surface area contributed by atoms with Crippen LogP contribution in [-0.2, 0) is 4.79 Å². The second kappa shape index (κ2) is 15.2. The summed E-state index contributed by atoms with van der Waals surface area (Å²) in [6.45, 7) is 8.32. The van der Waals surface area contributed by atoms with Crippen LogP contribution in [0.3, 0.4) is 0 Å². The summed E-state index contributed by atoms with van der Waals surface area (Å²) >= 11 is 0. The van der Waals surface area contributed by atoms with E-state index in [0.29, 0.717) is 0 Å². The Kier molecular flexibility index (Phi) is 12.9. The van der Waals surface area contributed by atoms with Crippen LogP contribution in [0.15, 0.2) is 65.0 Å². The smallest absolute Gasteiger partial charge is 0.143 e. The van der Waals surface area contributed by atoms with Crippen LogP contribution in [-0.4, -0.2) is 32.1 Å². The zero-order valence-corrected chi connectivity index (χ0v) is 20.0. The fourth-order valence-electron chi connectivity index (χ4n) is 2.94. The van der Waals surface area contributed by atoms with E-state index < -0.39 is 0 Å². The van der Waals surface area contributed by atoms with Crippen molar-refractivity contribution < 1.29 is 9.53 Å². The fourth-order valence-corrected chi connectivity index (χ4v) is 2.94. The summed E-state index contributed by atoms with van der Waals surface area (Å²) in [5.74, 6) is 1.68. The van der Waals surface area contributed by atoms with Crippen LogP contribution in [0.25, 0.3) is 0 Å². The maximum absolute atomic E-state index is 10.8. The molecule has 1 aromatic carbocycles. The van der Waals surface area contributed by atoms with Crippen molar-refractivity contribution in [2.75, 3.05) is 19.1 Å².